The summed E-state index contributed by atoms with van der Waals surface area (Å²) in [5, 5.41) is 3.26. The van der Waals surface area contributed by atoms with Crippen molar-refractivity contribution >= 4 is 51.7 Å². The minimum absolute atomic E-state index is 0.0809. The van der Waals surface area contributed by atoms with Crippen molar-refractivity contribution in [2.45, 2.75) is 26.4 Å². The van der Waals surface area contributed by atoms with E-state index in [9.17, 15) is 19.2 Å². The van der Waals surface area contributed by atoms with E-state index in [1.807, 2.05) is 35.9 Å². The van der Waals surface area contributed by atoms with Crippen LogP contribution in [0.2, 0.25) is 0 Å². The van der Waals surface area contributed by atoms with E-state index in [0.29, 0.717) is 32.1 Å². The first kappa shape index (κ1) is 25.8. The number of hydrogen-bond donors (Lipinski definition) is 1. The molecule has 1 aromatic carbocycles. The van der Waals surface area contributed by atoms with Gasteiger partial charge in [0.1, 0.15) is 18.8 Å². The number of imide groups is 1. The summed E-state index contributed by atoms with van der Waals surface area (Å²) >= 11 is 0.818. The van der Waals surface area contributed by atoms with E-state index in [1.54, 1.807) is 29.4 Å². The summed E-state index contributed by atoms with van der Waals surface area (Å²) in [4.78, 5) is 54.0. The number of ether oxygens (including phenoxy) is 1. The highest BCUT2D eigenvalue weighted by atomic mass is 32.2. The van der Waals surface area contributed by atoms with Crippen LogP contribution in [0.4, 0.5) is 4.79 Å². The van der Waals surface area contributed by atoms with Gasteiger partial charge in [0.15, 0.2) is 0 Å². The number of rotatable bonds is 8. The predicted octanol–water partition coefficient (Wildman–Crippen LogP) is 3.01. The summed E-state index contributed by atoms with van der Waals surface area (Å²) in [6.07, 6.45) is 5.81. The van der Waals surface area contributed by atoms with Crippen molar-refractivity contribution in [1.29, 1.82) is 0 Å². The van der Waals surface area contributed by atoms with Gasteiger partial charge in [-0.05, 0) is 42.0 Å². The van der Waals surface area contributed by atoms with Crippen LogP contribution in [0.25, 0.3) is 17.0 Å². The number of amides is 4. The maximum atomic E-state index is 13.1. The third-order valence-corrected chi connectivity index (χ3v) is 7.47. The number of benzene rings is 1. The lowest BCUT2D eigenvalue weighted by Gasteiger charge is -2.28. The summed E-state index contributed by atoms with van der Waals surface area (Å²) in [5.74, 6) is -0.293. The van der Waals surface area contributed by atoms with E-state index in [4.69, 9.17) is 9.15 Å². The predicted molar refractivity (Wildman–Crippen MR) is 142 cm³/mol. The Morgan fingerprint density at radius 3 is 2.66 bits per heavy atom. The molecular weight excluding hydrogens is 508 g/mol. The number of nitrogens with one attached hydrogen (secondary N) is 1. The van der Waals surface area contributed by atoms with Crippen LogP contribution in [0.5, 0.6) is 0 Å². The van der Waals surface area contributed by atoms with Gasteiger partial charge in [-0.2, -0.15) is 0 Å². The summed E-state index contributed by atoms with van der Waals surface area (Å²) in [7, 11) is 0. The molecular formula is C27H28N4O6S. The zero-order valence-corrected chi connectivity index (χ0v) is 21.8. The fourth-order valence-electron chi connectivity index (χ4n) is 4.63. The Kier molecular flexibility index (Phi) is 7.66. The van der Waals surface area contributed by atoms with E-state index in [1.165, 1.54) is 0 Å². The molecule has 0 saturated carbocycles. The van der Waals surface area contributed by atoms with Gasteiger partial charge in [0, 0.05) is 30.2 Å². The quantitative estimate of drug-likeness (QED) is 0.440. The molecule has 10 nitrogen and oxygen atoms in total. The Balaban J connectivity index is 1.37. The fraction of sp³-hybridized carbons (Fsp3) is 0.333. The first-order chi connectivity index (χ1) is 18.4. The van der Waals surface area contributed by atoms with Crippen molar-refractivity contribution in [2.24, 2.45) is 0 Å². The maximum Gasteiger partial charge on any atom is 0.294 e. The van der Waals surface area contributed by atoms with Gasteiger partial charge in [0.2, 0.25) is 11.8 Å². The summed E-state index contributed by atoms with van der Waals surface area (Å²) < 4.78 is 12.4. The van der Waals surface area contributed by atoms with Gasteiger partial charge in [-0.3, -0.25) is 24.1 Å². The Labute approximate surface area is 223 Å². The SMILES string of the molecule is CCc1cccc2c(/C=C3\SC(=O)N(CC(=O)N4CCOCC4)C3=O)cn(CC(=O)NCc3ccco3)c12. The summed E-state index contributed by atoms with van der Waals surface area (Å²) in [6, 6.07) is 9.44. The number of aryl methyl sites for hydroxylation is 1. The average molecular weight is 537 g/mol. The second-order valence-electron chi connectivity index (χ2n) is 9.00. The van der Waals surface area contributed by atoms with Gasteiger partial charge in [-0.25, -0.2) is 0 Å². The third-order valence-electron chi connectivity index (χ3n) is 6.56. The molecule has 1 N–H and O–H groups in total. The molecule has 2 fully saturated rings. The standard InChI is InChI=1S/C27H28N4O6S/c1-2-18-5-3-7-21-19(15-30(25(18)21)16-23(32)28-14-20-6-4-10-37-20)13-22-26(34)31(27(35)38-22)17-24(33)29-8-11-36-12-9-29/h3-7,10,13,15H,2,8-9,11-12,14,16-17H2,1H3,(H,28,32)/b22-13-. The van der Waals surface area contributed by atoms with E-state index in [0.717, 1.165) is 45.1 Å². The highest BCUT2D eigenvalue weighted by molar-refractivity contribution is 8.18. The van der Waals surface area contributed by atoms with Gasteiger partial charge in [0.25, 0.3) is 11.1 Å². The Morgan fingerprint density at radius 1 is 1.11 bits per heavy atom. The molecule has 0 atom stereocenters. The molecule has 38 heavy (non-hydrogen) atoms. The summed E-state index contributed by atoms with van der Waals surface area (Å²) in [6.45, 7) is 3.89. The van der Waals surface area contributed by atoms with Gasteiger partial charge >= 0.3 is 0 Å². The van der Waals surface area contributed by atoms with Gasteiger partial charge in [0.05, 0.1) is 36.4 Å². The highest BCUT2D eigenvalue weighted by Gasteiger charge is 2.37. The topological polar surface area (TPSA) is 114 Å². The number of fused-ring (bicyclic) bond motifs is 1. The Morgan fingerprint density at radius 2 is 1.92 bits per heavy atom. The highest BCUT2D eigenvalue weighted by Crippen LogP contribution is 2.35. The average Bonchev–Trinajstić information content (AvgIpc) is 3.64. The van der Waals surface area contributed by atoms with Crippen molar-refractivity contribution in [3.05, 3.63) is 64.6 Å². The Bertz CT molecular complexity index is 1400. The molecule has 0 aliphatic carbocycles. The molecule has 0 bridgehead atoms. The lowest BCUT2D eigenvalue weighted by molar-refractivity contribution is -0.139. The third kappa shape index (κ3) is 5.39. The smallest absolute Gasteiger partial charge is 0.294 e. The molecule has 4 amide bonds. The number of hydrogen-bond acceptors (Lipinski definition) is 7. The van der Waals surface area contributed by atoms with Crippen LogP contribution in [0, 0.1) is 0 Å². The van der Waals surface area contributed by atoms with Crippen LogP contribution in [0.3, 0.4) is 0 Å². The van der Waals surface area contributed by atoms with Crippen molar-refractivity contribution in [3.63, 3.8) is 0 Å². The Hall–Kier alpha value is -3.83. The van der Waals surface area contributed by atoms with E-state index in [-0.39, 0.29) is 36.4 Å². The van der Waals surface area contributed by atoms with Crippen molar-refractivity contribution in [3.8, 4) is 0 Å². The molecule has 2 aliphatic heterocycles. The second kappa shape index (κ2) is 11.3. The lowest BCUT2D eigenvalue weighted by Crippen LogP contribution is -2.46. The zero-order chi connectivity index (χ0) is 26.6. The minimum Gasteiger partial charge on any atom is -0.467 e. The zero-order valence-electron chi connectivity index (χ0n) is 21.0. The van der Waals surface area contributed by atoms with Gasteiger partial charge < -0.3 is 23.9 Å². The largest absolute Gasteiger partial charge is 0.467 e. The lowest BCUT2D eigenvalue weighted by atomic mass is 10.1. The number of morpholine rings is 1. The first-order valence-electron chi connectivity index (χ1n) is 12.4. The van der Waals surface area contributed by atoms with E-state index in [2.05, 4.69) is 5.32 Å². The van der Waals surface area contributed by atoms with Crippen LogP contribution in [-0.4, -0.2) is 70.2 Å². The van der Waals surface area contributed by atoms with Crippen LogP contribution < -0.4 is 5.32 Å². The monoisotopic (exact) mass is 536 g/mol. The van der Waals surface area contributed by atoms with Crippen molar-refractivity contribution < 1.29 is 28.3 Å². The molecule has 3 aromatic rings. The normalized spacial score (nSPS) is 17.1. The number of furan rings is 1. The number of nitrogens with zero attached hydrogens (tertiary/aromatic N) is 3. The summed E-state index contributed by atoms with van der Waals surface area (Å²) in [5.41, 5.74) is 2.68. The molecule has 2 aliphatic rings. The van der Waals surface area contributed by atoms with Gasteiger partial charge in [-0.1, -0.05) is 25.1 Å². The number of carbonyl (C=O) groups is 4. The number of para-hydroxylation sites is 1. The van der Waals surface area contributed by atoms with Crippen LogP contribution >= 0.6 is 11.8 Å². The molecule has 0 spiro atoms. The van der Waals surface area contributed by atoms with Crippen LogP contribution in [0.15, 0.2) is 52.1 Å². The molecule has 198 valence electrons. The molecule has 11 heteroatoms. The second-order valence-corrected chi connectivity index (χ2v) is 9.99. The molecule has 2 saturated heterocycles. The fourth-order valence-corrected chi connectivity index (χ4v) is 5.45. The maximum absolute atomic E-state index is 13.1. The van der Waals surface area contributed by atoms with Crippen LogP contribution in [0.1, 0.15) is 23.8 Å². The molecule has 5 rings (SSSR count). The number of carbonyl (C=O) groups excluding carboxylic acids is 4. The van der Waals surface area contributed by atoms with Crippen molar-refractivity contribution in [2.75, 3.05) is 32.8 Å². The van der Waals surface area contributed by atoms with Crippen molar-refractivity contribution in [1.82, 2.24) is 19.7 Å². The number of thioether (sulfide) groups is 1. The molecule has 0 unspecified atom stereocenters. The van der Waals surface area contributed by atoms with Crippen LogP contribution in [-0.2, 0) is 38.6 Å². The van der Waals surface area contributed by atoms with E-state index < -0.39 is 11.1 Å². The van der Waals surface area contributed by atoms with E-state index >= 15 is 0 Å². The molecule has 4 heterocycles. The minimum atomic E-state index is -0.495. The first-order valence-corrected chi connectivity index (χ1v) is 13.3. The molecule has 0 radical (unpaired) electrons. The van der Waals surface area contributed by atoms with Gasteiger partial charge in [-0.15, -0.1) is 0 Å². The number of aromatic nitrogens is 1. The molecule has 2 aromatic heterocycles.